The molecule has 0 aliphatic carbocycles. The normalized spacial score (nSPS) is 11.9. The van der Waals surface area contributed by atoms with Crippen LogP contribution in [-0.4, -0.2) is 20.7 Å². The molecule has 1 heterocycles. The standard InChI is InChI=1S/C20H29N5OS/c1-14(2)10-18(11-15(3)4)22-23-19(26)17-8-6-16(7-9-17)12-27-20-24-21-13-25(20)5/h6-10,13-15,22H,11-12H2,1-5H3,(H,23,26)/b18-10-. The van der Waals surface area contributed by atoms with Gasteiger partial charge >= 0.3 is 0 Å². The molecule has 0 atom stereocenters. The van der Waals surface area contributed by atoms with E-state index in [0.717, 1.165) is 28.6 Å². The number of hydrogen-bond acceptors (Lipinski definition) is 5. The number of hydrazine groups is 1. The first-order chi connectivity index (χ1) is 12.8. The summed E-state index contributed by atoms with van der Waals surface area (Å²) in [4.78, 5) is 12.4. The van der Waals surface area contributed by atoms with Gasteiger partial charge in [-0.05, 0) is 36.0 Å². The summed E-state index contributed by atoms with van der Waals surface area (Å²) in [5, 5.41) is 8.80. The van der Waals surface area contributed by atoms with Gasteiger partial charge in [-0.2, -0.15) is 0 Å². The van der Waals surface area contributed by atoms with Crippen molar-refractivity contribution >= 4 is 17.7 Å². The van der Waals surface area contributed by atoms with Gasteiger partial charge in [0.25, 0.3) is 5.91 Å². The minimum absolute atomic E-state index is 0.138. The fourth-order valence-electron chi connectivity index (χ4n) is 2.52. The third-order valence-electron chi connectivity index (χ3n) is 3.75. The van der Waals surface area contributed by atoms with E-state index in [0.29, 0.717) is 17.4 Å². The highest BCUT2D eigenvalue weighted by atomic mass is 32.2. The SMILES string of the molecule is CC(C)/C=C(/CC(C)C)NNC(=O)c1ccc(CSc2nncn2C)cc1. The molecule has 0 saturated carbocycles. The van der Waals surface area contributed by atoms with Gasteiger partial charge in [0.1, 0.15) is 6.33 Å². The lowest BCUT2D eigenvalue weighted by Crippen LogP contribution is -2.37. The minimum atomic E-state index is -0.138. The lowest BCUT2D eigenvalue weighted by molar-refractivity contribution is 0.0937. The number of carbonyl (C=O) groups excluding carboxylic acids is 1. The monoisotopic (exact) mass is 387 g/mol. The zero-order valence-corrected chi connectivity index (χ0v) is 17.5. The molecule has 27 heavy (non-hydrogen) atoms. The van der Waals surface area contributed by atoms with Gasteiger partial charge in [-0.25, -0.2) is 0 Å². The highest BCUT2D eigenvalue weighted by Gasteiger charge is 2.08. The third-order valence-corrected chi connectivity index (χ3v) is 4.86. The summed E-state index contributed by atoms with van der Waals surface area (Å²) in [5.74, 6) is 1.59. The van der Waals surface area contributed by atoms with Crippen LogP contribution in [0.2, 0.25) is 0 Å². The summed E-state index contributed by atoms with van der Waals surface area (Å²) >= 11 is 1.62. The van der Waals surface area contributed by atoms with Crippen LogP contribution < -0.4 is 10.9 Å². The van der Waals surface area contributed by atoms with Crippen molar-refractivity contribution in [1.82, 2.24) is 25.6 Å². The molecule has 0 radical (unpaired) electrons. The van der Waals surface area contributed by atoms with Crippen LogP contribution in [0, 0.1) is 11.8 Å². The van der Waals surface area contributed by atoms with E-state index in [1.54, 1.807) is 18.1 Å². The minimum Gasteiger partial charge on any atom is -0.312 e. The Hall–Kier alpha value is -2.28. The van der Waals surface area contributed by atoms with Crippen molar-refractivity contribution < 1.29 is 4.79 Å². The molecule has 2 N–H and O–H groups in total. The van der Waals surface area contributed by atoms with Crippen LogP contribution in [0.15, 0.2) is 47.5 Å². The molecule has 0 bridgehead atoms. The topological polar surface area (TPSA) is 71.8 Å². The Morgan fingerprint density at radius 1 is 1.19 bits per heavy atom. The Kier molecular flexibility index (Phi) is 7.91. The molecule has 1 aromatic carbocycles. The molecular weight excluding hydrogens is 358 g/mol. The Bertz CT molecular complexity index is 765. The summed E-state index contributed by atoms with van der Waals surface area (Å²) in [7, 11) is 1.92. The highest BCUT2D eigenvalue weighted by Crippen LogP contribution is 2.20. The van der Waals surface area contributed by atoms with Gasteiger partial charge in [0, 0.05) is 24.1 Å². The van der Waals surface area contributed by atoms with Gasteiger partial charge in [-0.1, -0.05) is 57.7 Å². The first kappa shape index (κ1) is 21.0. The Labute approximate surface area is 165 Å². The van der Waals surface area contributed by atoms with Crippen LogP contribution in [0.5, 0.6) is 0 Å². The average Bonchev–Trinajstić information content (AvgIpc) is 3.02. The first-order valence-corrected chi connectivity index (χ1v) is 10.2. The lowest BCUT2D eigenvalue weighted by Gasteiger charge is -2.15. The largest absolute Gasteiger partial charge is 0.312 e. The molecule has 2 aromatic rings. The Morgan fingerprint density at radius 3 is 2.44 bits per heavy atom. The second-order valence-electron chi connectivity index (χ2n) is 7.32. The average molecular weight is 388 g/mol. The maximum atomic E-state index is 12.4. The maximum absolute atomic E-state index is 12.4. The van der Waals surface area contributed by atoms with E-state index < -0.39 is 0 Å². The summed E-state index contributed by atoms with van der Waals surface area (Å²) in [6.07, 6.45) is 4.73. The molecule has 0 unspecified atom stereocenters. The van der Waals surface area contributed by atoms with Crippen LogP contribution in [0.3, 0.4) is 0 Å². The smallest absolute Gasteiger partial charge is 0.269 e. The van der Waals surface area contributed by atoms with E-state index >= 15 is 0 Å². The van der Waals surface area contributed by atoms with Crippen molar-refractivity contribution in [2.24, 2.45) is 18.9 Å². The van der Waals surface area contributed by atoms with E-state index in [-0.39, 0.29) is 5.91 Å². The van der Waals surface area contributed by atoms with Crippen molar-refractivity contribution in [1.29, 1.82) is 0 Å². The number of rotatable bonds is 9. The van der Waals surface area contributed by atoms with Gasteiger partial charge in [0.05, 0.1) is 0 Å². The number of benzene rings is 1. The molecule has 0 spiro atoms. The predicted octanol–water partition coefficient (Wildman–Crippen LogP) is 3.93. The maximum Gasteiger partial charge on any atom is 0.269 e. The van der Waals surface area contributed by atoms with Crippen LogP contribution in [0.25, 0.3) is 0 Å². The van der Waals surface area contributed by atoms with Crippen molar-refractivity contribution in [3.8, 4) is 0 Å². The molecule has 0 saturated heterocycles. The number of aryl methyl sites for hydroxylation is 1. The Balaban J connectivity index is 1.89. The van der Waals surface area contributed by atoms with E-state index in [4.69, 9.17) is 0 Å². The molecule has 6 nitrogen and oxygen atoms in total. The van der Waals surface area contributed by atoms with E-state index in [1.807, 2.05) is 35.9 Å². The van der Waals surface area contributed by atoms with Gasteiger partial charge in [-0.3, -0.25) is 10.2 Å². The number of nitrogens with one attached hydrogen (secondary N) is 2. The van der Waals surface area contributed by atoms with Gasteiger partial charge in [0.15, 0.2) is 5.16 Å². The molecule has 2 rings (SSSR count). The van der Waals surface area contributed by atoms with Crippen LogP contribution in [0.1, 0.15) is 50.0 Å². The van der Waals surface area contributed by atoms with Crippen LogP contribution in [0.4, 0.5) is 0 Å². The van der Waals surface area contributed by atoms with E-state index in [9.17, 15) is 4.79 Å². The first-order valence-electron chi connectivity index (χ1n) is 9.18. The van der Waals surface area contributed by atoms with Crippen molar-refractivity contribution in [3.63, 3.8) is 0 Å². The zero-order valence-electron chi connectivity index (χ0n) is 16.7. The second kappa shape index (κ2) is 10.2. The van der Waals surface area contributed by atoms with E-state index in [2.05, 4.69) is 54.8 Å². The molecule has 7 heteroatoms. The number of amides is 1. The second-order valence-corrected chi connectivity index (χ2v) is 8.27. The summed E-state index contributed by atoms with van der Waals surface area (Å²) < 4.78 is 1.89. The number of nitrogens with zero attached hydrogens (tertiary/aromatic N) is 3. The number of carbonyl (C=O) groups is 1. The molecular formula is C20H29N5OS. The molecule has 1 amide bonds. The third kappa shape index (κ3) is 7.09. The zero-order chi connectivity index (χ0) is 19.8. The summed E-state index contributed by atoms with van der Waals surface area (Å²) in [6.45, 7) is 8.58. The quantitative estimate of drug-likeness (QED) is 0.504. The van der Waals surface area contributed by atoms with Crippen molar-refractivity contribution in [3.05, 3.63) is 53.5 Å². The van der Waals surface area contributed by atoms with E-state index in [1.165, 1.54) is 0 Å². The lowest BCUT2D eigenvalue weighted by atomic mass is 10.1. The number of allylic oxidation sites excluding steroid dienone is 2. The van der Waals surface area contributed by atoms with Crippen molar-refractivity contribution in [2.45, 2.75) is 45.0 Å². The van der Waals surface area contributed by atoms with Gasteiger partial charge < -0.3 is 9.99 Å². The van der Waals surface area contributed by atoms with Gasteiger partial charge in [0.2, 0.25) is 0 Å². The summed E-state index contributed by atoms with van der Waals surface area (Å²) in [6, 6.07) is 7.63. The fraction of sp³-hybridized carbons (Fsp3) is 0.450. The Morgan fingerprint density at radius 2 is 1.89 bits per heavy atom. The molecule has 146 valence electrons. The van der Waals surface area contributed by atoms with Crippen LogP contribution >= 0.6 is 11.8 Å². The number of thioether (sulfide) groups is 1. The van der Waals surface area contributed by atoms with Gasteiger partial charge in [-0.15, -0.1) is 10.2 Å². The molecule has 0 fully saturated rings. The molecule has 0 aliphatic heterocycles. The highest BCUT2D eigenvalue weighted by molar-refractivity contribution is 7.98. The fourth-order valence-corrected chi connectivity index (χ4v) is 3.36. The van der Waals surface area contributed by atoms with Crippen molar-refractivity contribution in [2.75, 3.05) is 0 Å². The van der Waals surface area contributed by atoms with Crippen LogP contribution in [-0.2, 0) is 12.8 Å². The molecule has 0 aliphatic rings. The number of hydrogen-bond donors (Lipinski definition) is 2. The molecule has 1 aromatic heterocycles. The number of aromatic nitrogens is 3. The summed E-state index contributed by atoms with van der Waals surface area (Å²) in [5.41, 5.74) is 8.70. The predicted molar refractivity (Wildman–Crippen MR) is 110 cm³/mol.